The number of pyridine rings is 1. The Balaban J connectivity index is 1.66. The van der Waals surface area contributed by atoms with Gasteiger partial charge in [0, 0.05) is 23.6 Å². The molecule has 0 bridgehead atoms. The second-order valence-electron chi connectivity index (χ2n) is 5.28. The average molecular weight is 351 g/mol. The van der Waals surface area contributed by atoms with Crippen LogP contribution in [0, 0.1) is 0 Å². The number of benzene rings is 1. The van der Waals surface area contributed by atoms with Gasteiger partial charge in [-0.25, -0.2) is 9.59 Å². The summed E-state index contributed by atoms with van der Waals surface area (Å²) in [5.74, 6) is 1.09. The standard InChI is InChI=1S/C19H17N3O4/c1-2-25-15-7-5-14(6-8-15)21-19(24)22-16-9-10-17(26-18(16)23)13-4-3-11-20-12-13/h3-12H,2H2,1H3,(H2,21,22,24). The molecule has 0 saturated carbocycles. The Morgan fingerprint density at radius 1 is 1.12 bits per heavy atom. The molecule has 0 spiro atoms. The number of anilines is 2. The fourth-order valence-electron chi connectivity index (χ4n) is 2.26. The van der Waals surface area contributed by atoms with Crippen molar-refractivity contribution in [1.29, 1.82) is 0 Å². The predicted octanol–water partition coefficient (Wildman–Crippen LogP) is 3.74. The molecule has 3 rings (SSSR count). The molecule has 3 aromatic rings. The monoisotopic (exact) mass is 351 g/mol. The van der Waals surface area contributed by atoms with E-state index in [1.54, 1.807) is 54.9 Å². The minimum Gasteiger partial charge on any atom is -0.494 e. The molecule has 0 radical (unpaired) electrons. The summed E-state index contributed by atoms with van der Waals surface area (Å²) in [5.41, 5.74) is 0.645. The number of rotatable bonds is 5. The second-order valence-corrected chi connectivity index (χ2v) is 5.28. The highest BCUT2D eigenvalue weighted by molar-refractivity contribution is 5.99. The Labute approximate surface area is 149 Å². The number of nitrogens with zero attached hydrogens (tertiary/aromatic N) is 1. The van der Waals surface area contributed by atoms with Crippen LogP contribution in [0.2, 0.25) is 0 Å². The van der Waals surface area contributed by atoms with E-state index in [2.05, 4.69) is 15.6 Å². The zero-order chi connectivity index (χ0) is 18.4. The lowest BCUT2D eigenvalue weighted by Crippen LogP contribution is -2.23. The first-order chi connectivity index (χ1) is 12.7. The molecule has 2 amide bonds. The molecular formula is C19H17N3O4. The van der Waals surface area contributed by atoms with Gasteiger partial charge in [0.2, 0.25) is 0 Å². The fourth-order valence-corrected chi connectivity index (χ4v) is 2.26. The number of urea groups is 1. The lowest BCUT2D eigenvalue weighted by Gasteiger charge is -2.08. The van der Waals surface area contributed by atoms with Gasteiger partial charge < -0.3 is 19.8 Å². The number of hydrogen-bond donors (Lipinski definition) is 2. The van der Waals surface area contributed by atoms with Gasteiger partial charge in [-0.05, 0) is 55.5 Å². The molecule has 7 heteroatoms. The third-order valence-corrected chi connectivity index (χ3v) is 3.44. The van der Waals surface area contributed by atoms with Crippen LogP contribution in [0.1, 0.15) is 6.92 Å². The first-order valence-corrected chi connectivity index (χ1v) is 8.01. The summed E-state index contributed by atoms with van der Waals surface area (Å²) in [4.78, 5) is 28.1. The van der Waals surface area contributed by atoms with Gasteiger partial charge in [0.15, 0.2) is 0 Å². The molecule has 132 valence electrons. The van der Waals surface area contributed by atoms with Gasteiger partial charge in [0.25, 0.3) is 0 Å². The normalized spacial score (nSPS) is 10.2. The second kappa shape index (κ2) is 7.98. The molecule has 0 aliphatic carbocycles. The molecule has 2 aromatic heterocycles. The highest BCUT2D eigenvalue weighted by atomic mass is 16.5. The van der Waals surface area contributed by atoms with E-state index >= 15 is 0 Å². The molecule has 1 aromatic carbocycles. The smallest absolute Gasteiger partial charge is 0.360 e. The number of ether oxygens (including phenoxy) is 1. The molecule has 0 aliphatic rings. The Morgan fingerprint density at radius 3 is 2.58 bits per heavy atom. The van der Waals surface area contributed by atoms with Gasteiger partial charge in [-0.2, -0.15) is 0 Å². The van der Waals surface area contributed by atoms with Gasteiger partial charge in [-0.3, -0.25) is 4.98 Å². The van der Waals surface area contributed by atoms with E-state index in [1.165, 1.54) is 6.07 Å². The highest BCUT2D eigenvalue weighted by Crippen LogP contribution is 2.18. The zero-order valence-electron chi connectivity index (χ0n) is 14.1. The summed E-state index contributed by atoms with van der Waals surface area (Å²) >= 11 is 0. The van der Waals surface area contributed by atoms with Crippen molar-refractivity contribution in [2.75, 3.05) is 17.2 Å². The molecule has 0 atom stereocenters. The SMILES string of the molecule is CCOc1ccc(NC(=O)Nc2ccc(-c3cccnc3)oc2=O)cc1. The van der Waals surface area contributed by atoms with Crippen LogP contribution >= 0.6 is 0 Å². The van der Waals surface area contributed by atoms with Gasteiger partial charge in [0.1, 0.15) is 17.2 Å². The van der Waals surface area contributed by atoms with Crippen molar-refractivity contribution in [2.45, 2.75) is 6.92 Å². The predicted molar refractivity (Wildman–Crippen MR) is 98.5 cm³/mol. The van der Waals surface area contributed by atoms with E-state index in [-0.39, 0.29) is 5.69 Å². The number of amides is 2. The average Bonchev–Trinajstić information content (AvgIpc) is 2.66. The maximum atomic E-state index is 12.1. The van der Waals surface area contributed by atoms with E-state index < -0.39 is 11.7 Å². The number of aromatic nitrogens is 1. The van der Waals surface area contributed by atoms with E-state index in [1.807, 2.05) is 6.92 Å². The summed E-state index contributed by atoms with van der Waals surface area (Å²) in [5, 5.41) is 5.11. The summed E-state index contributed by atoms with van der Waals surface area (Å²) in [6.07, 6.45) is 3.22. The van der Waals surface area contributed by atoms with Crippen molar-refractivity contribution in [2.24, 2.45) is 0 Å². The fraction of sp³-hybridized carbons (Fsp3) is 0.105. The molecule has 0 fully saturated rings. The molecule has 26 heavy (non-hydrogen) atoms. The van der Waals surface area contributed by atoms with Crippen LogP contribution < -0.4 is 21.0 Å². The third-order valence-electron chi connectivity index (χ3n) is 3.44. The first kappa shape index (κ1) is 17.2. The molecule has 7 nitrogen and oxygen atoms in total. The quantitative estimate of drug-likeness (QED) is 0.730. The van der Waals surface area contributed by atoms with Crippen molar-refractivity contribution in [3.63, 3.8) is 0 Å². The maximum absolute atomic E-state index is 12.1. The van der Waals surface area contributed by atoms with E-state index in [0.717, 1.165) is 0 Å². The van der Waals surface area contributed by atoms with Gasteiger partial charge in [0.05, 0.1) is 6.61 Å². The van der Waals surface area contributed by atoms with Gasteiger partial charge in [-0.1, -0.05) is 0 Å². The Bertz CT molecular complexity index is 937. The maximum Gasteiger partial charge on any atom is 0.360 e. The number of carbonyl (C=O) groups is 1. The Hall–Kier alpha value is -3.61. The number of hydrogen-bond acceptors (Lipinski definition) is 5. The van der Waals surface area contributed by atoms with Crippen LogP contribution in [0.4, 0.5) is 16.2 Å². The molecular weight excluding hydrogens is 334 g/mol. The van der Waals surface area contributed by atoms with Crippen molar-refractivity contribution in [3.8, 4) is 17.1 Å². The lowest BCUT2D eigenvalue weighted by atomic mass is 10.2. The molecule has 2 heterocycles. The van der Waals surface area contributed by atoms with Crippen LogP contribution in [0.3, 0.4) is 0 Å². The summed E-state index contributed by atoms with van der Waals surface area (Å²) in [6, 6.07) is 13.0. The van der Waals surface area contributed by atoms with E-state index in [4.69, 9.17) is 9.15 Å². The third kappa shape index (κ3) is 4.27. The minimum atomic E-state index is -0.645. The van der Waals surface area contributed by atoms with Crippen LogP contribution in [0.5, 0.6) is 5.75 Å². The Kier molecular flexibility index (Phi) is 5.28. The van der Waals surface area contributed by atoms with Crippen LogP contribution in [0.25, 0.3) is 11.3 Å². The van der Waals surface area contributed by atoms with E-state index in [9.17, 15) is 9.59 Å². The minimum absolute atomic E-state index is 0.0427. The zero-order valence-corrected chi connectivity index (χ0v) is 14.1. The summed E-state index contributed by atoms with van der Waals surface area (Å²) in [7, 11) is 0. The van der Waals surface area contributed by atoms with Crippen LogP contribution in [0.15, 0.2) is 70.1 Å². The van der Waals surface area contributed by atoms with E-state index in [0.29, 0.717) is 29.4 Å². The van der Waals surface area contributed by atoms with Crippen molar-refractivity contribution in [3.05, 3.63) is 71.3 Å². The van der Waals surface area contributed by atoms with Crippen molar-refractivity contribution >= 4 is 17.4 Å². The topological polar surface area (TPSA) is 93.5 Å². The van der Waals surface area contributed by atoms with Gasteiger partial charge in [-0.15, -0.1) is 0 Å². The van der Waals surface area contributed by atoms with Crippen molar-refractivity contribution < 1.29 is 13.9 Å². The van der Waals surface area contributed by atoms with Gasteiger partial charge >= 0.3 is 11.7 Å². The largest absolute Gasteiger partial charge is 0.494 e. The summed E-state index contributed by atoms with van der Waals surface area (Å²) in [6.45, 7) is 2.46. The Morgan fingerprint density at radius 2 is 1.92 bits per heavy atom. The van der Waals surface area contributed by atoms with Crippen molar-refractivity contribution in [1.82, 2.24) is 4.98 Å². The molecule has 0 saturated heterocycles. The van der Waals surface area contributed by atoms with Crippen LogP contribution in [-0.4, -0.2) is 17.6 Å². The van der Waals surface area contributed by atoms with Crippen LogP contribution in [-0.2, 0) is 0 Å². The number of carbonyl (C=O) groups excluding carboxylic acids is 1. The molecule has 0 unspecified atom stereocenters. The highest BCUT2D eigenvalue weighted by Gasteiger charge is 2.09. The number of nitrogens with one attached hydrogen (secondary N) is 2. The molecule has 0 aliphatic heterocycles. The lowest BCUT2D eigenvalue weighted by molar-refractivity contribution is 0.262. The molecule has 2 N–H and O–H groups in total. The summed E-state index contributed by atoms with van der Waals surface area (Å²) < 4.78 is 10.6. The first-order valence-electron chi connectivity index (χ1n) is 8.01.